The second-order valence-electron chi connectivity index (χ2n) is 12.1. The van der Waals surface area contributed by atoms with Gasteiger partial charge in [0.25, 0.3) is 0 Å². The molecule has 0 saturated carbocycles. The van der Waals surface area contributed by atoms with E-state index in [4.69, 9.17) is 0 Å². The zero-order chi connectivity index (χ0) is 30.2. The third kappa shape index (κ3) is 2.96. The van der Waals surface area contributed by atoms with Crippen LogP contribution in [0.4, 0.5) is 17.3 Å². The van der Waals surface area contributed by atoms with Crippen LogP contribution in [0.3, 0.4) is 0 Å². The lowest BCUT2D eigenvalue weighted by molar-refractivity contribution is -0.318. The van der Waals surface area contributed by atoms with Crippen LogP contribution in [0.5, 0.6) is 0 Å². The molecule has 4 nitrogen and oxygen atoms in total. The minimum Gasteiger partial charge on any atom is -0.394 e. The van der Waals surface area contributed by atoms with Gasteiger partial charge < -0.3 is 35.2 Å². The fourth-order valence-electron chi connectivity index (χ4n) is 8.62. The lowest BCUT2D eigenvalue weighted by Crippen LogP contribution is -2.50. The molecule has 3 aromatic rings. The Hall–Kier alpha value is -3.55. The third-order valence-corrected chi connectivity index (χ3v) is 10.4. The summed E-state index contributed by atoms with van der Waals surface area (Å²) in [5.41, 5.74) is 10.7. The van der Waals surface area contributed by atoms with Crippen molar-refractivity contribution in [2.75, 3.05) is 0 Å². The molecular weight excluding hydrogens is 538 g/mol. The molecule has 0 saturated heterocycles. The molecule has 0 aliphatic carbocycles. The first-order valence-electron chi connectivity index (χ1n) is 15.2. The highest BCUT2D eigenvalue weighted by Crippen LogP contribution is 2.47. The molecule has 0 unspecified atom stereocenters. The predicted octanol–water partition coefficient (Wildman–Crippen LogP) is 7.30. The summed E-state index contributed by atoms with van der Waals surface area (Å²) in [7, 11) is 0. The molecule has 0 radical (unpaired) electrons. The molecule has 4 aliphatic rings. The molecule has 10 heteroatoms. The van der Waals surface area contributed by atoms with Crippen LogP contribution in [0.25, 0.3) is 23.5 Å². The second-order valence-corrected chi connectivity index (χ2v) is 12.1. The van der Waals surface area contributed by atoms with Gasteiger partial charge in [-0.2, -0.15) is 0 Å². The molecule has 0 atom stereocenters. The van der Waals surface area contributed by atoms with Crippen LogP contribution in [0.15, 0.2) is 12.1 Å². The normalized spacial score (nSPS) is 18.9. The van der Waals surface area contributed by atoms with Gasteiger partial charge in [-0.05, 0) is 85.3 Å². The summed E-state index contributed by atoms with van der Waals surface area (Å²) in [5, 5.41) is 0. The Balaban J connectivity index is 1.50. The van der Waals surface area contributed by atoms with Crippen molar-refractivity contribution in [3.05, 3.63) is 79.4 Å². The number of benzene rings is 1. The number of hydrogen-bond donors (Lipinski definition) is 0. The highest BCUT2D eigenvalue weighted by Gasteiger charge is 2.57. The van der Waals surface area contributed by atoms with Crippen molar-refractivity contribution in [2.24, 2.45) is 0 Å². The van der Waals surface area contributed by atoms with Gasteiger partial charge in [0.2, 0.25) is 0 Å². The van der Waals surface area contributed by atoms with Gasteiger partial charge in [-0.3, -0.25) is 0 Å². The van der Waals surface area contributed by atoms with E-state index < -0.39 is 13.9 Å². The monoisotopic (exact) mass is 574 g/mol. The van der Waals surface area contributed by atoms with Crippen molar-refractivity contribution >= 4 is 48.9 Å². The fourth-order valence-corrected chi connectivity index (χ4v) is 8.62. The number of nitrogens with zero attached hydrogens (tertiary/aromatic N) is 4. The summed E-state index contributed by atoms with van der Waals surface area (Å²) in [6, 6.07) is 3.73. The zero-order valence-corrected chi connectivity index (χ0v) is 25.6. The van der Waals surface area contributed by atoms with Crippen LogP contribution in [0.1, 0.15) is 109 Å². The average molecular weight is 574 g/mol. The van der Waals surface area contributed by atoms with Gasteiger partial charge in [0.15, 0.2) is 11.4 Å². The van der Waals surface area contributed by atoms with Gasteiger partial charge in [0.1, 0.15) is 11.4 Å². The highest BCUT2D eigenvalue weighted by molar-refractivity contribution is 6.60. The number of aromatic nitrogens is 2. The van der Waals surface area contributed by atoms with E-state index >= 15 is 17.3 Å². The number of fused-ring (bicyclic) bond motifs is 8. The van der Waals surface area contributed by atoms with Gasteiger partial charge in [-0.1, -0.05) is 27.7 Å². The highest BCUT2D eigenvalue weighted by atomic mass is 19.3. The van der Waals surface area contributed by atoms with Crippen molar-refractivity contribution in [1.29, 1.82) is 0 Å². The van der Waals surface area contributed by atoms with E-state index in [9.17, 15) is 0 Å². The van der Waals surface area contributed by atoms with Crippen molar-refractivity contribution in [3.63, 3.8) is 0 Å². The lowest BCUT2D eigenvalue weighted by Gasteiger charge is -2.30. The van der Waals surface area contributed by atoms with Crippen LogP contribution >= 0.6 is 0 Å². The Morgan fingerprint density at radius 3 is 1.21 bits per heavy atom. The van der Waals surface area contributed by atoms with Gasteiger partial charge in [0, 0.05) is 37.4 Å². The molecule has 7 rings (SSSR count). The first kappa shape index (κ1) is 27.3. The molecule has 218 valence electrons. The minimum atomic E-state index is -4.14. The largest absolute Gasteiger partial charge is 0.737 e. The SMILES string of the molecule is CCc1c(CC)c2n(c1C)[B-](F)(F)[N+]1=C(C)c3cc4c(cc3C1=C2)C1=Cc2c(CC)c(CC)c(C)n2[B-](F)(F)[N+]1=C4C. The molecule has 1 aromatic carbocycles. The van der Waals surface area contributed by atoms with Gasteiger partial charge in [0.05, 0.1) is 22.3 Å². The molecule has 0 amide bonds. The molecule has 0 N–H and O–H groups in total. The Bertz CT molecular complexity index is 1780. The maximum Gasteiger partial charge on any atom is 0.737 e. The van der Waals surface area contributed by atoms with Crippen LogP contribution in [0, 0.1) is 13.8 Å². The van der Waals surface area contributed by atoms with E-state index in [0.717, 1.165) is 22.3 Å². The van der Waals surface area contributed by atoms with Crippen LogP contribution in [-0.4, -0.2) is 43.3 Å². The van der Waals surface area contributed by atoms with E-state index in [1.165, 1.54) is 17.9 Å². The number of rotatable bonds is 4. The molecule has 4 aliphatic heterocycles. The molecule has 2 aromatic heterocycles. The van der Waals surface area contributed by atoms with Gasteiger partial charge >= 0.3 is 13.9 Å². The molecule has 0 spiro atoms. The molecule has 0 bridgehead atoms. The van der Waals surface area contributed by atoms with Crippen LogP contribution in [-0.2, 0) is 25.7 Å². The first-order chi connectivity index (χ1) is 19.9. The summed E-state index contributed by atoms with van der Waals surface area (Å²) in [6.45, 7) is 6.77. The lowest BCUT2D eigenvalue weighted by atomic mass is 9.88. The Morgan fingerprint density at radius 2 is 0.881 bits per heavy atom. The quantitative estimate of drug-likeness (QED) is 0.230. The van der Waals surface area contributed by atoms with Gasteiger partial charge in [-0.15, -0.1) is 0 Å². The fraction of sp³-hybridized carbons (Fsp3) is 0.375. The van der Waals surface area contributed by atoms with Crippen molar-refractivity contribution < 1.29 is 26.2 Å². The van der Waals surface area contributed by atoms with Crippen LogP contribution in [0.2, 0.25) is 0 Å². The molecular formula is C32H36B2F4N4. The van der Waals surface area contributed by atoms with Gasteiger partial charge in [-0.25, -0.2) is 0 Å². The molecule has 0 fully saturated rings. The minimum absolute atomic E-state index is 0.448. The van der Waals surface area contributed by atoms with Crippen molar-refractivity contribution in [2.45, 2.75) is 81.1 Å². The average Bonchev–Trinajstić information content (AvgIpc) is 3.59. The van der Waals surface area contributed by atoms with Crippen LogP contribution < -0.4 is 0 Å². The maximum absolute atomic E-state index is 16.5. The summed E-state index contributed by atoms with van der Waals surface area (Å²) >= 11 is 0. The number of hydrogen-bond acceptors (Lipinski definition) is 0. The summed E-state index contributed by atoms with van der Waals surface area (Å²) in [5.74, 6) is 0. The smallest absolute Gasteiger partial charge is 0.394 e. The zero-order valence-electron chi connectivity index (χ0n) is 25.6. The topological polar surface area (TPSA) is 15.9 Å². The standard InChI is InChI=1S/C32H36B2F4N4/c1-9-21-17(5)39-29(23(21)11-3)15-31-27-14-28-26(13-25(27)19(7)41(31)33(39,35)36)20(8)42-32(28)16-30-24(12-4)22(10-2)18(6)40(30)34(42,37)38/h13-16H,9-12H2,1-8H3. The van der Waals surface area contributed by atoms with E-state index in [1.807, 2.05) is 52.0 Å². The van der Waals surface area contributed by atoms with Crippen molar-refractivity contribution in [3.8, 4) is 0 Å². The maximum atomic E-state index is 16.5. The van der Waals surface area contributed by atoms with E-state index in [-0.39, 0.29) is 0 Å². The van der Waals surface area contributed by atoms with E-state index in [1.54, 1.807) is 27.7 Å². The van der Waals surface area contributed by atoms with Crippen molar-refractivity contribution in [1.82, 2.24) is 8.96 Å². The molecule has 6 heterocycles. The Morgan fingerprint density at radius 1 is 0.548 bits per heavy atom. The Labute approximate surface area is 244 Å². The second kappa shape index (κ2) is 8.51. The summed E-state index contributed by atoms with van der Waals surface area (Å²) in [4.78, 5) is 0. The molecule has 42 heavy (non-hydrogen) atoms. The van der Waals surface area contributed by atoms with E-state index in [2.05, 4.69) is 0 Å². The summed E-state index contributed by atoms with van der Waals surface area (Å²) in [6.07, 6.45) is 6.47. The number of halogens is 4. The third-order valence-electron chi connectivity index (χ3n) is 10.4. The first-order valence-corrected chi connectivity index (χ1v) is 15.2. The summed E-state index contributed by atoms with van der Waals surface area (Å²) < 4.78 is 71.0. The predicted molar refractivity (Wildman–Crippen MR) is 165 cm³/mol. The van der Waals surface area contributed by atoms with E-state index in [0.29, 0.717) is 93.5 Å². The Kier molecular flexibility index (Phi) is 5.53.